The van der Waals surface area contributed by atoms with Crippen molar-refractivity contribution in [1.82, 2.24) is 20.4 Å². The highest BCUT2D eigenvalue weighted by Crippen LogP contribution is 2.27. The Bertz CT molecular complexity index is 781. The Morgan fingerprint density at radius 1 is 1.24 bits per heavy atom. The van der Waals surface area contributed by atoms with Crippen molar-refractivity contribution in [1.29, 1.82) is 0 Å². The lowest BCUT2D eigenvalue weighted by atomic mass is 9.87. The van der Waals surface area contributed by atoms with Gasteiger partial charge in [-0.05, 0) is 56.0 Å². The molecule has 1 aromatic carbocycles. The van der Waals surface area contributed by atoms with Crippen LogP contribution in [-0.4, -0.2) is 48.1 Å². The average molecular weight is 399 g/mol. The minimum absolute atomic E-state index is 0.0339. The van der Waals surface area contributed by atoms with Crippen LogP contribution in [0.2, 0.25) is 0 Å². The zero-order valence-corrected chi connectivity index (χ0v) is 16.8. The van der Waals surface area contributed by atoms with Gasteiger partial charge in [-0.2, -0.15) is 5.10 Å². The number of ether oxygens (including phenoxy) is 2. The molecule has 0 bridgehead atoms. The number of hydrogen-bond donors (Lipinski definition) is 2. The zero-order valence-electron chi connectivity index (χ0n) is 16.8. The van der Waals surface area contributed by atoms with Gasteiger partial charge in [0.05, 0.1) is 12.7 Å². The molecule has 2 aliphatic rings. The summed E-state index contributed by atoms with van der Waals surface area (Å²) in [5, 5.41) is 10.9. The molecule has 4 rings (SSSR count). The standard InChI is InChI=1S/C22H30N4O3/c27-21(22(7-10-23-11-8-22)26-12-2-9-25-26)24-16-18-3-1-4-19(15-18)17-29-20-5-13-28-14-6-20/h1-4,9,12,15,20,23H,5-8,10-11,13-14,16-17H2,(H,24,27). The van der Waals surface area contributed by atoms with Crippen LogP contribution >= 0.6 is 0 Å². The van der Waals surface area contributed by atoms with Crippen molar-refractivity contribution in [2.45, 2.75) is 50.5 Å². The van der Waals surface area contributed by atoms with Gasteiger partial charge in [0.25, 0.3) is 0 Å². The highest BCUT2D eigenvalue weighted by Gasteiger charge is 2.41. The zero-order chi connectivity index (χ0) is 19.9. The molecule has 2 aromatic rings. The molecule has 2 fully saturated rings. The molecule has 7 nitrogen and oxygen atoms in total. The number of nitrogens with one attached hydrogen (secondary N) is 2. The maximum atomic E-state index is 13.2. The fourth-order valence-electron chi connectivity index (χ4n) is 4.16. The summed E-state index contributed by atoms with van der Waals surface area (Å²) in [7, 11) is 0. The molecule has 0 aliphatic carbocycles. The van der Waals surface area contributed by atoms with Crippen molar-refractivity contribution < 1.29 is 14.3 Å². The summed E-state index contributed by atoms with van der Waals surface area (Å²) in [6, 6.07) is 10.1. The molecule has 0 saturated carbocycles. The lowest BCUT2D eigenvalue weighted by molar-refractivity contribution is -0.132. The Kier molecular flexibility index (Phi) is 6.59. The minimum Gasteiger partial charge on any atom is -0.381 e. The van der Waals surface area contributed by atoms with E-state index in [1.807, 2.05) is 29.1 Å². The summed E-state index contributed by atoms with van der Waals surface area (Å²) in [5.74, 6) is 0.0339. The summed E-state index contributed by atoms with van der Waals surface area (Å²) in [4.78, 5) is 13.2. The number of carbonyl (C=O) groups excluding carboxylic acids is 1. The van der Waals surface area contributed by atoms with E-state index in [1.54, 1.807) is 6.20 Å². The van der Waals surface area contributed by atoms with Gasteiger partial charge in [0.15, 0.2) is 0 Å². The third kappa shape index (κ3) is 4.86. The van der Waals surface area contributed by atoms with Gasteiger partial charge in [-0.15, -0.1) is 0 Å². The SMILES string of the molecule is O=C(NCc1cccc(COC2CCOCC2)c1)C1(n2cccn2)CCNCC1. The molecule has 1 aromatic heterocycles. The number of piperidine rings is 1. The van der Waals surface area contributed by atoms with Gasteiger partial charge in [0.1, 0.15) is 5.54 Å². The Labute approximate surface area is 171 Å². The lowest BCUT2D eigenvalue weighted by Crippen LogP contribution is -2.54. The van der Waals surface area contributed by atoms with Crippen LogP contribution in [0.25, 0.3) is 0 Å². The third-order valence-electron chi connectivity index (χ3n) is 5.89. The highest BCUT2D eigenvalue weighted by atomic mass is 16.5. The molecule has 0 unspecified atom stereocenters. The average Bonchev–Trinajstić information content (AvgIpc) is 3.33. The first kappa shape index (κ1) is 20.1. The van der Waals surface area contributed by atoms with Gasteiger partial charge in [0, 0.05) is 32.2 Å². The van der Waals surface area contributed by atoms with Crippen molar-refractivity contribution in [2.24, 2.45) is 0 Å². The van der Waals surface area contributed by atoms with E-state index >= 15 is 0 Å². The number of carbonyl (C=O) groups is 1. The summed E-state index contributed by atoms with van der Waals surface area (Å²) in [6.45, 7) is 4.28. The first-order chi connectivity index (χ1) is 14.3. The smallest absolute Gasteiger partial charge is 0.248 e. The predicted octanol–water partition coefficient (Wildman–Crippen LogP) is 1.97. The van der Waals surface area contributed by atoms with Crippen molar-refractivity contribution in [2.75, 3.05) is 26.3 Å². The molecule has 156 valence electrons. The minimum atomic E-state index is -0.613. The summed E-state index contributed by atoms with van der Waals surface area (Å²) in [5.41, 5.74) is 1.60. The summed E-state index contributed by atoms with van der Waals surface area (Å²) >= 11 is 0. The maximum Gasteiger partial charge on any atom is 0.248 e. The number of benzene rings is 1. The molecular formula is C22H30N4O3. The van der Waals surface area contributed by atoms with Crippen LogP contribution in [-0.2, 0) is 33.0 Å². The first-order valence-corrected chi connectivity index (χ1v) is 10.5. The number of aromatic nitrogens is 2. The van der Waals surface area contributed by atoms with E-state index in [4.69, 9.17) is 9.47 Å². The van der Waals surface area contributed by atoms with Crippen molar-refractivity contribution in [3.8, 4) is 0 Å². The topological polar surface area (TPSA) is 77.4 Å². The monoisotopic (exact) mass is 398 g/mol. The molecule has 2 N–H and O–H groups in total. The largest absolute Gasteiger partial charge is 0.381 e. The lowest BCUT2D eigenvalue weighted by Gasteiger charge is -2.36. The van der Waals surface area contributed by atoms with Gasteiger partial charge < -0.3 is 20.1 Å². The quantitative estimate of drug-likeness (QED) is 0.746. The van der Waals surface area contributed by atoms with Crippen LogP contribution in [0.4, 0.5) is 0 Å². The molecule has 0 radical (unpaired) electrons. The van der Waals surface area contributed by atoms with E-state index in [1.165, 1.54) is 0 Å². The van der Waals surface area contributed by atoms with Crippen molar-refractivity contribution in [3.05, 3.63) is 53.9 Å². The van der Waals surface area contributed by atoms with Gasteiger partial charge in [-0.3, -0.25) is 9.48 Å². The van der Waals surface area contributed by atoms with Crippen LogP contribution in [0.15, 0.2) is 42.7 Å². The fourth-order valence-corrected chi connectivity index (χ4v) is 4.16. The third-order valence-corrected chi connectivity index (χ3v) is 5.89. The van der Waals surface area contributed by atoms with Gasteiger partial charge in [-0.1, -0.05) is 24.3 Å². The summed E-state index contributed by atoms with van der Waals surface area (Å²) < 4.78 is 13.2. The molecule has 0 atom stereocenters. The van der Waals surface area contributed by atoms with Crippen LogP contribution in [0, 0.1) is 0 Å². The van der Waals surface area contributed by atoms with E-state index < -0.39 is 5.54 Å². The first-order valence-electron chi connectivity index (χ1n) is 10.5. The van der Waals surface area contributed by atoms with E-state index in [2.05, 4.69) is 27.9 Å². The second-order valence-electron chi connectivity index (χ2n) is 7.86. The Hall–Kier alpha value is -2.22. The normalized spacial score (nSPS) is 19.7. The van der Waals surface area contributed by atoms with Crippen LogP contribution in [0.3, 0.4) is 0 Å². The summed E-state index contributed by atoms with van der Waals surface area (Å²) in [6.07, 6.45) is 7.29. The molecule has 2 aliphatic heterocycles. The van der Waals surface area contributed by atoms with E-state index in [0.717, 1.165) is 63.1 Å². The Balaban J connectivity index is 1.36. The Morgan fingerprint density at radius 2 is 2.03 bits per heavy atom. The fraction of sp³-hybridized carbons (Fsp3) is 0.545. The molecule has 3 heterocycles. The van der Waals surface area contributed by atoms with Gasteiger partial charge in [0.2, 0.25) is 5.91 Å². The number of amides is 1. The van der Waals surface area contributed by atoms with E-state index in [0.29, 0.717) is 13.2 Å². The second kappa shape index (κ2) is 9.52. The molecule has 29 heavy (non-hydrogen) atoms. The van der Waals surface area contributed by atoms with Crippen LogP contribution < -0.4 is 10.6 Å². The maximum absolute atomic E-state index is 13.2. The van der Waals surface area contributed by atoms with Gasteiger partial charge in [-0.25, -0.2) is 0 Å². The van der Waals surface area contributed by atoms with Crippen molar-refractivity contribution in [3.63, 3.8) is 0 Å². The van der Waals surface area contributed by atoms with Crippen molar-refractivity contribution >= 4 is 5.91 Å². The number of nitrogens with zero attached hydrogens (tertiary/aromatic N) is 2. The number of rotatable bonds is 7. The molecule has 0 spiro atoms. The predicted molar refractivity (Wildman–Crippen MR) is 109 cm³/mol. The van der Waals surface area contributed by atoms with Crippen LogP contribution in [0.1, 0.15) is 36.8 Å². The molecule has 1 amide bonds. The number of hydrogen-bond acceptors (Lipinski definition) is 5. The van der Waals surface area contributed by atoms with E-state index in [-0.39, 0.29) is 12.0 Å². The Morgan fingerprint density at radius 3 is 2.79 bits per heavy atom. The van der Waals surface area contributed by atoms with E-state index in [9.17, 15) is 4.79 Å². The second-order valence-corrected chi connectivity index (χ2v) is 7.86. The molecule has 2 saturated heterocycles. The van der Waals surface area contributed by atoms with Gasteiger partial charge >= 0.3 is 0 Å². The molecule has 7 heteroatoms. The molecular weight excluding hydrogens is 368 g/mol. The highest BCUT2D eigenvalue weighted by molar-refractivity contribution is 5.84. The van der Waals surface area contributed by atoms with Crippen LogP contribution in [0.5, 0.6) is 0 Å².